The Bertz CT molecular complexity index is 481. The van der Waals surface area contributed by atoms with Gasteiger partial charge in [-0.3, -0.25) is 0 Å². The van der Waals surface area contributed by atoms with Crippen LogP contribution in [0.25, 0.3) is 0 Å². The Balaban J connectivity index is 2.34. The first-order chi connectivity index (χ1) is 9.21. The number of hydrogen-bond donors (Lipinski definition) is 1. The molecule has 19 heavy (non-hydrogen) atoms. The lowest BCUT2D eigenvalue weighted by Gasteiger charge is -2.34. The molecule has 0 spiro atoms. The van der Waals surface area contributed by atoms with Crippen molar-refractivity contribution in [1.82, 2.24) is 0 Å². The Morgan fingerprint density at radius 3 is 2.89 bits per heavy atom. The summed E-state index contributed by atoms with van der Waals surface area (Å²) in [6.07, 6.45) is 3.56. The van der Waals surface area contributed by atoms with Gasteiger partial charge in [-0.25, -0.2) is 0 Å². The summed E-state index contributed by atoms with van der Waals surface area (Å²) in [5.41, 5.74) is 7.51. The predicted molar refractivity (Wildman–Crippen MR) is 79.4 cm³/mol. The van der Waals surface area contributed by atoms with E-state index in [2.05, 4.69) is 17.9 Å². The van der Waals surface area contributed by atoms with Crippen molar-refractivity contribution in [1.29, 1.82) is 5.26 Å². The van der Waals surface area contributed by atoms with Gasteiger partial charge in [-0.1, -0.05) is 18.0 Å². The molecule has 2 N–H and O–H groups in total. The van der Waals surface area contributed by atoms with Gasteiger partial charge in [0.25, 0.3) is 0 Å². The topological polar surface area (TPSA) is 53.0 Å². The van der Waals surface area contributed by atoms with Crippen molar-refractivity contribution in [2.75, 3.05) is 18.0 Å². The highest BCUT2D eigenvalue weighted by atomic mass is 35.5. The lowest BCUT2D eigenvalue weighted by atomic mass is 10.0. The molecule has 1 saturated carbocycles. The standard InChI is InChI=1S/C15H20ClN3/c1-2-19(14-5-3-4-11(14)9-17)15-7-6-13(16)8-12(15)10-18/h6-8,11,14H,2-5,9,17H2,1H3. The van der Waals surface area contributed by atoms with Gasteiger partial charge < -0.3 is 10.6 Å². The monoisotopic (exact) mass is 277 g/mol. The van der Waals surface area contributed by atoms with Gasteiger partial charge in [0.15, 0.2) is 0 Å². The third-order valence-corrected chi connectivity index (χ3v) is 4.29. The molecule has 1 aromatic carbocycles. The van der Waals surface area contributed by atoms with Gasteiger partial charge >= 0.3 is 0 Å². The molecular weight excluding hydrogens is 258 g/mol. The van der Waals surface area contributed by atoms with Crippen LogP contribution in [0, 0.1) is 17.2 Å². The van der Waals surface area contributed by atoms with Crippen LogP contribution in [0.5, 0.6) is 0 Å². The van der Waals surface area contributed by atoms with Gasteiger partial charge in [0.1, 0.15) is 6.07 Å². The highest BCUT2D eigenvalue weighted by molar-refractivity contribution is 6.30. The van der Waals surface area contributed by atoms with Gasteiger partial charge in [0.05, 0.1) is 11.3 Å². The molecule has 102 valence electrons. The Labute approximate surface area is 120 Å². The minimum Gasteiger partial charge on any atom is -0.367 e. The molecule has 0 amide bonds. The highest BCUT2D eigenvalue weighted by Crippen LogP contribution is 2.34. The number of halogens is 1. The Hall–Kier alpha value is -1.24. The van der Waals surface area contributed by atoms with Crippen LogP contribution in [0.2, 0.25) is 5.02 Å². The van der Waals surface area contributed by atoms with Crippen LogP contribution in [0.3, 0.4) is 0 Å². The second kappa shape index (κ2) is 6.27. The van der Waals surface area contributed by atoms with E-state index in [-0.39, 0.29) is 0 Å². The maximum absolute atomic E-state index is 9.29. The summed E-state index contributed by atoms with van der Waals surface area (Å²) in [5, 5.41) is 9.90. The van der Waals surface area contributed by atoms with Gasteiger partial charge in [-0.2, -0.15) is 5.26 Å². The van der Waals surface area contributed by atoms with Crippen molar-refractivity contribution in [2.45, 2.75) is 32.2 Å². The third-order valence-electron chi connectivity index (χ3n) is 4.05. The van der Waals surface area contributed by atoms with E-state index in [1.54, 1.807) is 6.07 Å². The van der Waals surface area contributed by atoms with E-state index in [4.69, 9.17) is 17.3 Å². The maximum atomic E-state index is 9.29. The van der Waals surface area contributed by atoms with E-state index in [0.717, 1.165) is 25.2 Å². The second-order valence-corrected chi connectivity index (χ2v) is 5.49. The van der Waals surface area contributed by atoms with Crippen molar-refractivity contribution in [2.24, 2.45) is 11.7 Å². The van der Waals surface area contributed by atoms with E-state index in [9.17, 15) is 5.26 Å². The predicted octanol–water partition coefficient (Wildman–Crippen LogP) is 3.17. The zero-order valence-electron chi connectivity index (χ0n) is 11.3. The van der Waals surface area contributed by atoms with Crippen molar-refractivity contribution in [3.63, 3.8) is 0 Å². The van der Waals surface area contributed by atoms with Crippen LogP contribution in [-0.2, 0) is 0 Å². The number of anilines is 1. The van der Waals surface area contributed by atoms with E-state index in [1.807, 2.05) is 12.1 Å². The molecule has 1 fully saturated rings. The lowest BCUT2D eigenvalue weighted by Crippen LogP contribution is -2.40. The average Bonchev–Trinajstić information content (AvgIpc) is 2.89. The summed E-state index contributed by atoms with van der Waals surface area (Å²) in [6, 6.07) is 8.25. The van der Waals surface area contributed by atoms with Crippen LogP contribution in [-0.4, -0.2) is 19.1 Å². The molecule has 0 bridgehead atoms. The zero-order valence-corrected chi connectivity index (χ0v) is 12.0. The van der Waals surface area contributed by atoms with Crippen LogP contribution in [0.1, 0.15) is 31.7 Å². The minimum atomic E-state index is 0.447. The molecular formula is C15H20ClN3. The summed E-state index contributed by atoms with van der Waals surface area (Å²) >= 11 is 5.97. The van der Waals surface area contributed by atoms with Crippen molar-refractivity contribution in [3.05, 3.63) is 28.8 Å². The van der Waals surface area contributed by atoms with Crippen LogP contribution < -0.4 is 10.6 Å². The first-order valence-electron chi connectivity index (χ1n) is 6.87. The molecule has 0 saturated heterocycles. The second-order valence-electron chi connectivity index (χ2n) is 5.05. The van der Waals surface area contributed by atoms with E-state index < -0.39 is 0 Å². The van der Waals surface area contributed by atoms with Gasteiger partial charge in [-0.15, -0.1) is 0 Å². The Morgan fingerprint density at radius 2 is 2.26 bits per heavy atom. The van der Waals surface area contributed by atoms with Crippen molar-refractivity contribution < 1.29 is 0 Å². The summed E-state index contributed by atoms with van der Waals surface area (Å²) in [4.78, 5) is 2.32. The molecule has 2 atom stereocenters. The minimum absolute atomic E-state index is 0.447. The fourth-order valence-electron chi connectivity index (χ4n) is 3.13. The molecule has 1 aromatic rings. The Kier molecular flexibility index (Phi) is 4.68. The quantitative estimate of drug-likeness (QED) is 0.920. The van der Waals surface area contributed by atoms with Crippen LogP contribution in [0.15, 0.2) is 18.2 Å². The maximum Gasteiger partial charge on any atom is 0.101 e. The number of rotatable bonds is 4. The molecule has 3 nitrogen and oxygen atoms in total. The fourth-order valence-corrected chi connectivity index (χ4v) is 3.31. The third kappa shape index (κ3) is 2.86. The average molecular weight is 278 g/mol. The molecule has 0 aromatic heterocycles. The Morgan fingerprint density at radius 1 is 1.47 bits per heavy atom. The molecule has 2 rings (SSSR count). The number of nitrogens with two attached hydrogens (primary N) is 1. The molecule has 0 radical (unpaired) electrons. The van der Waals surface area contributed by atoms with Gasteiger partial charge in [0.2, 0.25) is 0 Å². The fraction of sp³-hybridized carbons (Fsp3) is 0.533. The number of hydrogen-bond acceptors (Lipinski definition) is 3. The molecule has 0 heterocycles. The van der Waals surface area contributed by atoms with E-state index >= 15 is 0 Å². The van der Waals surface area contributed by atoms with Gasteiger partial charge in [-0.05, 0) is 50.4 Å². The summed E-state index contributed by atoms with van der Waals surface area (Å²) in [6.45, 7) is 3.73. The first-order valence-corrected chi connectivity index (χ1v) is 7.25. The number of benzene rings is 1. The van der Waals surface area contributed by atoms with Gasteiger partial charge in [0, 0.05) is 17.6 Å². The molecule has 1 aliphatic rings. The van der Waals surface area contributed by atoms with Crippen molar-refractivity contribution in [3.8, 4) is 6.07 Å². The van der Waals surface area contributed by atoms with Crippen molar-refractivity contribution >= 4 is 17.3 Å². The highest BCUT2D eigenvalue weighted by Gasteiger charge is 2.31. The lowest BCUT2D eigenvalue weighted by molar-refractivity contribution is 0.462. The van der Waals surface area contributed by atoms with Crippen LogP contribution in [0.4, 0.5) is 5.69 Å². The molecule has 0 aliphatic heterocycles. The largest absolute Gasteiger partial charge is 0.367 e. The van der Waals surface area contributed by atoms with E-state index in [0.29, 0.717) is 22.5 Å². The molecule has 4 heteroatoms. The zero-order chi connectivity index (χ0) is 13.8. The molecule has 1 aliphatic carbocycles. The SMILES string of the molecule is CCN(c1ccc(Cl)cc1C#N)C1CCCC1CN. The summed E-state index contributed by atoms with van der Waals surface area (Å²) < 4.78 is 0. The van der Waals surface area contributed by atoms with Crippen LogP contribution >= 0.6 is 11.6 Å². The number of nitrogens with zero attached hydrogens (tertiary/aromatic N) is 2. The smallest absolute Gasteiger partial charge is 0.101 e. The summed E-state index contributed by atoms with van der Waals surface area (Å²) in [7, 11) is 0. The van der Waals surface area contributed by atoms with E-state index in [1.165, 1.54) is 12.8 Å². The normalized spacial score (nSPS) is 22.2. The first kappa shape index (κ1) is 14.2. The number of nitriles is 1. The molecule has 2 unspecified atom stereocenters. The summed E-state index contributed by atoms with van der Waals surface area (Å²) in [5.74, 6) is 0.530.